The lowest BCUT2D eigenvalue weighted by molar-refractivity contribution is -0.137. The minimum atomic E-state index is -4.64. The van der Waals surface area contributed by atoms with Crippen LogP contribution in [0.1, 0.15) is 5.56 Å². The van der Waals surface area contributed by atoms with Crippen LogP contribution < -0.4 is 4.72 Å². The molecule has 1 aromatic rings. The van der Waals surface area contributed by atoms with Crippen LogP contribution in [0.25, 0.3) is 0 Å². The average molecular weight is 379 g/mol. The van der Waals surface area contributed by atoms with E-state index in [2.05, 4.69) is 27.2 Å². The number of halogens is 5. The molecule has 106 valence electrons. The number of hydrogen-bond acceptors (Lipinski definition) is 2. The van der Waals surface area contributed by atoms with Gasteiger partial charge in [0.15, 0.2) is 0 Å². The number of nitrogens with one attached hydrogen (secondary N) is 1. The van der Waals surface area contributed by atoms with Crippen LogP contribution in [0.4, 0.5) is 13.2 Å². The second kappa shape index (κ2) is 5.82. The van der Waals surface area contributed by atoms with Gasteiger partial charge in [-0.1, -0.05) is 34.1 Å². The van der Waals surface area contributed by atoms with Gasteiger partial charge in [-0.15, -0.1) is 0 Å². The van der Waals surface area contributed by atoms with Crippen molar-refractivity contribution in [2.24, 2.45) is 0 Å². The molecular formula is C10H8BrClF3NO2S. The third kappa shape index (κ3) is 4.48. The van der Waals surface area contributed by atoms with Crippen LogP contribution in [0.3, 0.4) is 0 Å². The lowest BCUT2D eigenvalue weighted by Crippen LogP contribution is -2.25. The van der Waals surface area contributed by atoms with Gasteiger partial charge in [-0.2, -0.15) is 13.2 Å². The van der Waals surface area contributed by atoms with Gasteiger partial charge in [0.2, 0.25) is 10.0 Å². The fraction of sp³-hybridized carbons (Fsp3) is 0.200. The Kier molecular flexibility index (Phi) is 5.05. The molecule has 9 heteroatoms. The summed E-state index contributed by atoms with van der Waals surface area (Å²) < 4.78 is 63.6. The number of rotatable bonds is 4. The van der Waals surface area contributed by atoms with Gasteiger partial charge < -0.3 is 0 Å². The van der Waals surface area contributed by atoms with E-state index < -0.39 is 26.7 Å². The molecule has 0 heterocycles. The summed E-state index contributed by atoms with van der Waals surface area (Å²) in [4.78, 5) is -0.627. The van der Waals surface area contributed by atoms with Crippen LogP contribution in [0.15, 0.2) is 34.2 Å². The molecule has 1 rings (SSSR count). The zero-order valence-electron chi connectivity index (χ0n) is 9.26. The van der Waals surface area contributed by atoms with Crippen molar-refractivity contribution in [2.75, 3.05) is 6.54 Å². The lowest BCUT2D eigenvalue weighted by atomic mass is 10.2. The topological polar surface area (TPSA) is 46.2 Å². The SMILES string of the molecule is C=C(Br)CNS(=O)(=O)c1cc(C(F)(F)F)ccc1Cl. The summed E-state index contributed by atoms with van der Waals surface area (Å²) >= 11 is 8.56. The smallest absolute Gasteiger partial charge is 0.207 e. The van der Waals surface area contributed by atoms with E-state index in [-0.39, 0.29) is 11.6 Å². The zero-order chi connectivity index (χ0) is 14.8. The number of alkyl halides is 3. The first-order valence-electron chi connectivity index (χ1n) is 4.74. The Balaban J connectivity index is 3.22. The zero-order valence-corrected chi connectivity index (χ0v) is 12.4. The summed E-state index contributed by atoms with van der Waals surface area (Å²) in [6, 6.07) is 2.09. The Bertz CT molecular complexity index is 601. The van der Waals surface area contributed by atoms with Crippen LogP contribution in [0, 0.1) is 0 Å². The standard InChI is InChI=1S/C10H8BrClF3NO2S/c1-6(11)5-16-19(17,18)9-4-7(10(13,14)15)2-3-8(9)12/h2-4,16H,1,5H2. The molecule has 19 heavy (non-hydrogen) atoms. The van der Waals surface area contributed by atoms with Crippen molar-refractivity contribution in [3.8, 4) is 0 Å². The van der Waals surface area contributed by atoms with Gasteiger partial charge in [-0.05, 0) is 18.2 Å². The first-order chi connectivity index (χ1) is 8.54. The third-order valence-corrected chi connectivity index (χ3v) is 4.17. The van der Waals surface area contributed by atoms with Crippen molar-refractivity contribution >= 4 is 37.6 Å². The summed E-state index contributed by atoms with van der Waals surface area (Å²) in [7, 11) is -4.14. The predicted molar refractivity (Wildman–Crippen MR) is 69.7 cm³/mol. The van der Waals surface area contributed by atoms with Crippen molar-refractivity contribution < 1.29 is 21.6 Å². The molecule has 1 N–H and O–H groups in total. The van der Waals surface area contributed by atoms with Gasteiger partial charge >= 0.3 is 6.18 Å². The van der Waals surface area contributed by atoms with E-state index in [9.17, 15) is 21.6 Å². The fourth-order valence-corrected chi connectivity index (χ4v) is 3.01. The van der Waals surface area contributed by atoms with Crippen molar-refractivity contribution in [1.82, 2.24) is 4.72 Å². The summed E-state index contributed by atoms with van der Waals surface area (Å²) in [6.07, 6.45) is -4.64. The summed E-state index contributed by atoms with van der Waals surface area (Å²) in [5, 5.41) is -0.291. The Labute approximate surface area is 121 Å². The molecule has 0 radical (unpaired) electrons. The van der Waals surface area contributed by atoms with Gasteiger partial charge in [-0.25, -0.2) is 13.1 Å². The minimum absolute atomic E-state index is 0.158. The monoisotopic (exact) mass is 377 g/mol. The highest BCUT2D eigenvalue weighted by Crippen LogP contribution is 2.33. The molecule has 1 aromatic carbocycles. The van der Waals surface area contributed by atoms with Gasteiger partial charge in [-0.3, -0.25) is 0 Å². The van der Waals surface area contributed by atoms with Crippen molar-refractivity contribution in [3.63, 3.8) is 0 Å². The number of hydrogen-bond donors (Lipinski definition) is 1. The molecule has 0 spiro atoms. The fourth-order valence-electron chi connectivity index (χ4n) is 1.14. The highest BCUT2D eigenvalue weighted by molar-refractivity contribution is 9.11. The van der Waals surface area contributed by atoms with Gasteiger partial charge in [0.05, 0.1) is 10.6 Å². The van der Waals surface area contributed by atoms with Crippen LogP contribution in [0.5, 0.6) is 0 Å². The maximum Gasteiger partial charge on any atom is 0.416 e. The first-order valence-corrected chi connectivity index (χ1v) is 7.39. The molecule has 0 aliphatic rings. The largest absolute Gasteiger partial charge is 0.416 e. The summed E-state index contributed by atoms with van der Waals surface area (Å²) in [5.74, 6) is 0. The molecule has 0 aliphatic heterocycles. The van der Waals surface area contributed by atoms with E-state index in [1.807, 2.05) is 0 Å². The number of benzene rings is 1. The molecule has 0 bridgehead atoms. The third-order valence-electron chi connectivity index (χ3n) is 2.00. The molecule has 0 atom stereocenters. The average Bonchev–Trinajstić information content (AvgIpc) is 2.25. The first kappa shape index (κ1) is 16.5. The van der Waals surface area contributed by atoms with E-state index in [0.29, 0.717) is 16.6 Å². The highest BCUT2D eigenvalue weighted by atomic mass is 79.9. The van der Waals surface area contributed by atoms with E-state index in [1.165, 1.54) is 0 Å². The molecule has 0 aromatic heterocycles. The van der Waals surface area contributed by atoms with E-state index >= 15 is 0 Å². The summed E-state index contributed by atoms with van der Waals surface area (Å²) in [6.45, 7) is 3.25. The Hall–Kier alpha value is -0.570. The molecule has 3 nitrogen and oxygen atoms in total. The van der Waals surface area contributed by atoms with E-state index in [1.54, 1.807) is 0 Å². The second-order valence-corrected chi connectivity index (χ2v) is 6.75. The van der Waals surface area contributed by atoms with E-state index in [4.69, 9.17) is 11.6 Å². The van der Waals surface area contributed by atoms with Crippen molar-refractivity contribution in [2.45, 2.75) is 11.1 Å². The quantitative estimate of drug-likeness (QED) is 0.871. The van der Waals surface area contributed by atoms with Crippen LogP contribution in [-0.2, 0) is 16.2 Å². The predicted octanol–water partition coefficient (Wildman–Crippen LogP) is 3.55. The Morgan fingerprint density at radius 1 is 1.42 bits per heavy atom. The van der Waals surface area contributed by atoms with Crippen LogP contribution >= 0.6 is 27.5 Å². The van der Waals surface area contributed by atoms with Gasteiger partial charge in [0.25, 0.3) is 0 Å². The van der Waals surface area contributed by atoms with E-state index in [0.717, 1.165) is 6.07 Å². The Morgan fingerprint density at radius 2 is 2.00 bits per heavy atom. The van der Waals surface area contributed by atoms with Gasteiger partial charge in [0.1, 0.15) is 4.90 Å². The Morgan fingerprint density at radius 3 is 2.47 bits per heavy atom. The molecular weight excluding hydrogens is 371 g/mol. The highest BCUT2D eigenvalue weighted by Gasteiger charge is 2.32. The number of sulfonamides is 1. The molecule has 0 unspecified atom stereocenters. The van der Waals surface area contributed by atoms with Crippen LogP contribution in [0.2, 0.25) is 5.02 Å². The van der Waals surface area contributed by atoms with Crippen molar-refractivity contribution in [1.29, 1.82) is 0 Å². The maximum atomic E-state index is 12.5. The molecule has 0 saturated carbocycles. The minimum Gasteiger partial charge on any atom is -0.207 e. The molecule has 0 saturated heterocycles. The normalized spacial score (nSPS) is 12.5. The second-order valence-electron chi connectivity index (χ2n) is 3.48. The maximum absolute atomic E-state index is 12.5. The molecule has 0 fully saturated rings. The van der Waals surface area contributed by atoms with Gasteiger partial charge in [0, 0.05) is 11.0 Å². The lowest BCUT2D eigenvalue weighted by Gasteiger charge is -2.11. The molecule has 0 amide bonds. The molecule has 0 aliphatic carbocycles. The van der Waals surface area contributed by atoms with Crippen molar-refractivity contribution in [3.05, 3.63) is 39.8 Å². The van der Waals surface area contributed by atoms with Crippen LogP contribution in [-0.4, -0.2) is 15.0 Å². The summed E-state index contributed by atoms with van der Waals surface area (Å²) in [5.41, 5.74) is -1.09.